The van der Waals surface area contributed by atoms with Crippen LogP contribution in [0.3, 0.4) is 0 Å². The Morgan fingerprint density at radius 3 is 2.84 bits per heavy atom. The molecule has 106 valence electrons. The number of rotatable bonds is 3. The number of amides is 2. The molecule has 5 heteroatoms. The van der Waals surface area contributed by atoms with Gasteiger partial charge < -0.3 is 15.5 Å². The van der Waals surface area contributed by atoms with Gasteiger partial charge in [-0.1, -0.05) is 0 Å². The van der Waals surface area contributed by atoms with Crippen LogP contribution in [0.5, 0.6) is 0 Å². The van der Waals surface area contributed by atoms with Crippen LogP contribution in [0.2, 0.25) is 0 Å². The Labute approximate surface area is 114 Å². The first-order chi connectivity index (χ1) is 9.13. The van der Waals surface area contributed by atoms with E-state index >= 15 is 0 Å². The summed E-state index contributed by atoms with van der Waals surface area (Å²) in [6, 6.07) is 0.914. The Morgan fingerprint density at radius 1 is 1.37 bits per heavy atom. The first-order valence-corrected chi connectivity index (χ1v) is 7.46. The Bertz CT molecular complexity index is 381. The standard InChI is InChI=1S/C14H23N3O2/c1-9-6-10(4-5-15-9)14(19)16-11-7-13(18)17(8-11)12-2-3-12/h9-12,15H,2-8H2,1H3,(H,16,19)/t9-,10-,11?/m0/s1. The maximum Gasteiger partial charge on any atom is 0.225 e. The van der Waals surface area contributed by atoms with E-state index in [1.54, 1.807) is 0 Å². The van der Waals surface area contributed by atoms with Gasteiger partial charge in [-0.05, 0) is 39.2 Å². The second-order valence-corrected chi connectivity index (χ2v) is 6.26. The van der Waals surface area contributed by atoms with Crippen LogP contribution >= 0.6 is 0 Å². The van der Waals surface area contributed by atoms with Gasteiger partial charge in [-0.15, -0.1) is 0 Å². The largest absolute Gasteiger partial charge is 0.351 e. The lowest BCUT2D eigenvalue weighted by molar-refractivity contribution is -0.128. The molecule has 19 heavy (non-hydrogen) atoms. The fourth-order valence-corrected chi connectivity index (χ4v) is 3.26. The summed E-state index contributed by atoms with van der Waals surface area (Å²) >= 11 is 0. The molecule has 3 fully saturated rings. The summed E-state index contributed by atoms with van der Waals surface area (Å²) in [6.07, 6.45) is 4.57. The Hall–Kier alpha value is -1.10. The number of carbonyl (C=O) groups is 2. The molecule has 0 spiro atoms. The van der Waals surface area contributed by atoms with Gasteiger partial charge in [-0.25, -0.2) is 0 Å². The molecule has 0 aromatic carbocycles. The van der Waals surface area contributed by atoms with Crippen molar-refractivity contribution >= 4 is 11.8 Å². The summed E-state index contributed by atoms with van der Waals surface area (Å²) in [7, 11) is 0. The van der Waals surface area contributed by atoms with Crippen molar-refractivity contribution in [1.82, 2.24) is 15.5 Å². The molecule has 1 saturated carbocycles. The number of hydrogen-bond acceptors (Lipinski definition) is 3. The number of nitrogens with zero attached hydrogens (tertiary/aromatic N) is 1. The van der Waals surface area contributed by atoms with Crippen LogP contribution in [0.25, 0.3) is 0 Å². The quantitative estimate of drug-likeness (QED) is 0.769. The summed E-state index contributed by atoms with van der Waals surface area (Å²) in [5, 5.41) is 6.44. The van der Waals surface area contributed by atoms with Gasteiger partial charge >= 0.3 is 0 Å². The van der Waals surface area contributed by atoms with Crippen molar-refractivity contribution in [3.63, 3.8) is 0 Å². The van der Waals surface area contributed by atoms with E-state index in [4.69, 9.17) is 0 Å². The highest BCUT2D eigenvalue weighted by Crippen LogP contribution is 2.30. The molecule has 0 bridgehead atoms. The molecule has 3 atom stereocenters. The molecule has 2 amide bonds. The normalized spacial score (nSPS) is 35.5. The van der Waals surface area contributed by atoms with Crippen LogP contribution in [0.15, 0.2) is 0 Å². The van der Waals surface area contributed by atoms with Crippen LogP contribution < -0.4 is 10.6 Å². The lowest BCUT2D eigenvalue weighted by Crippen LogP contribution is -2.46. The fourth-order valence-electron chi connectivity index (χ4n) is 3.26. The van der Waals surface area contributed by atoms with E-state index in [2.05, 4.69) is 17.6 Å². The maximum absolute atomic E-state index is 12.2. The zero-order valence-electron chi connectivity index (χ0n) is 11.5. The summed E-state index contributed by atoms with van der Waals surface area (Å²) in [5.74, 6) is 0.469. The molecule has 3 rings (SSSR count). The minimum atomic E-state index is 0.0331. The minimum absolute atomic E-state index is 0.0331. The van der Waals surface area contributed by atoms with Gasteiger partial charge in [0, 0.05) is 31.0 Å². The molecule has 0 aromatic rings. The third kappa shape index (κ3) is 2.91. The Balaban J connectivity index is 1.51. The van der Waals surface area contributed by atoms with Gasteiger partial charge in [0.25, 0.3) is 0 Å². The third-order valence-electron chi connectivity index (χ3n) is 4.49. The first kappa shape index (κ1) is 12.9. The molecule has 2 N–H and O–H groups in total. The zero-order valence-corrected chi connectivity index (χ0v) is 11.5. The molecular weight excluding hydrogens is 242 g/mol. The van der Waals surface area contributed by atoms with Crippen molar-refractivity contribution in [3.05, 3.63) is 0 Å². The van der Waals surface area contributed by atoms with Gasteiger partial charge in [-0.2, -0.15) is 0 Å². The highest BCUT2D eigenvalue weighted by Gasteiger charge is 2.40. The van der Waals surface area contributed by atoms with Crippen LogP contribution in [0.4, 0.5) is 0 Å². The van der Waals surface area contributed by atoms with Crippen LogP contribution in [0, 0.1) is 5.92 Å². The average Bonchev–Trinajstić information content (AvgIpc) is 3.14. The van der Waals surface area contributed by atoms with Gasteiger partial charge in [0.2, 0.25) is 11.8 Å². The molecule has 0 radical (unpaired) electrons. The zero-order chi connectivity index (χ0) is 13.4. The van der Waals surface area contributed by atoms with E-state index in [0.29, 0.717) is 18.5 Å². The molecule has 1 unspecified atom stereocenters. The Kier molecular flexibility index (Phi) is 3.48. The van der Waals surface area contributed by atoms with Crippen LogP contribution in [-0.2, 0) is 9.59 Å². The smallest absolute Gasteiger partial charge is 0.225 e. The molecule has 2 saturated heterocycles. The van der Waals surface area contributed by atoms with Crippen molar-refractivity contribution < 1.29 is 9.59 Å². The number of likely N-dealkylation sites (tertiary alicyclic amines) is 1. The summed E-state index contributed by atoms with van der Waals surface area (Å²) < 4.78 is 0. The van der Waals surface area contributed by atoms with Crippen molar-refractivity contribution in [2.24, 2.45) is 5.92 Å². The molecular formula is C14H23N3O2. The van der Waals surface area contributed by atoms with Crippen molar-refractivity contribution in [2.45, 2.75) is 57.2 Å². The third-order valence-corrected chi connectivity index (χ3v) is 4.49. The number of carbonyl (C=O) groups excluding carboxylic acids is 2. The van der Waals surface area contributed by atoms with E-state index in [1.807, 2.05) is 4.90 Å². The lowest BCUT2D eigenvalue weighted by Gasteiger charge is -2.28. The predicted molar refractivity (Wildman–Crippen MR) is 71.5 cm³/mol. The van der Waals surface area contributed by atoms with E-state index < -0.39 is 0 Å². The summed E-state index contributed by atoms with van der Waals surface area (Å²) in [5.41, 5.74) is 0. The number of nitrogens with one attached hydrogen (secondary N) is 2. The lowest BCUT2D eigenvalue weighted by atomic mass is 9.92. The molecule has 1 aliphatic carbocycles. The van der Waals surface area contributed by atoms with E-state index in [-0.39, 0.29) is 23.8 Å². The predicted octanol–water partition coefficient (Wildman–Crippen LogP) is 0.254. The topological polar surface area (TPSA) is 61.4 Å². The van der Waals surface area contributed by atoms with Crippen molar-refractivity contribution in [2.75, 3.05) is 13.1 Å². The van der Waals surface area contributed by atoms with Gasteiger partial charge in [-0.3, -0.25) is 9.59 Å². The van der Waals surface area contributed by atoms with E-state index in [1.165, 1.54) is 0 Å². The van der Waals surface area contributed by atoms with Crippen molar-refractivity contribution in [1.29, 1.82) is 0 Å². The first-order valence-electron chi connectivity index (χ1n) is 7.46. The highest BCUT2D eigenvalue weighted by molar-refractivity contribution is 5.83. The molecule has 0 aromatic heterocycles. The van der Waals surface area contributed by atoms with Gasteiger partial charge in [0.05, 0.1) is 6.04 Å². The van der Waals surface area contributed by atoms with Gasteiger partial charge in [0.15, 0.2) is 0 Å². The number of hydrogen-bond donors (Lipinski definition) is 2. The van der Waals surface area contributed by atoms with Crippen LogP contribution in [-0.4, -0.2) is 47.9 Å². The average molecular weight is 265 g/mol. The summed E-state index contributed by atoms with van der Waals surface area (Å²) in [4.78, 5) is 26.0. The molecule has 3 aliphatic rings. The SMILES string of the molecule is C[C@H]1C[C@@H](C(=O)NC2CC(=O)N(C3CC3)C2)CCN1. The second-order valence-electron chi connectivity index (χ2n) is 6.26. The highest BCUT2D eigenvalue weighted by atomic mass is 16.2. The van der Waals surface area contributed by atoms with Crippen molar-refractivity contribution in [3.8, 4) is 0 Å². The molecule has 2 heterocycles. The van der Waals surface area contributed by atoms with E-state index in [0.717, 1.165) is 38.8 Å². The number of piperidine rings is 1. The van der Waals surface area contributed by atoms with Crippen LogP contribution in [0.1, 0.15) is 39.0 Å². The molecule has 5 nitrogen and oxygen atoms in total. The maximum atomic E-state index is 12.2. The van der Waals surface area contributed by atoms with Gasteiger partial charge in [0.1, 0.15) is 0 Å². The molecule has 2 aliphatic heterocycles. The van der Waals surface area contributed by atoms with E-state index in [9.17, 15) is 9.59 Å². The second kappa shape index (κ2) is 5.12. The monoisotopic (exact) mass is 265 g/mol. The Morgan fingerprint density at radius 2 is 2.16 bits per heavy atom. The fraction of sp³-hybridized carbons (Fsp3) is 0.857. The summed E-state index contributed by atoms with van der Waals surface area (Å²) in [6.45, 7) is 3.75. The minimum Gasteiger partial charge on any atom is -0.351 e.